The monoisotopic (exact) mass is 304 g/mol. The molecule has 22 heavy (non-hydrogen) atoms. The Labute approximate surface area is 125 Å². The van der Waals surface area contributed by atoms with Gasteiger partial charge in [0.15, 0.2) is 0 Å². The van der Waals surface area contributed by atoms with E-state index in [0.717, 1.165) is 0 Å². The summed E-state index contributed by atoms with van der Waals surface area (Å²) in [4.78, 5) is 34.0. The second kappa shape index (κ2) is 5.88. The van der Waals surface area contributed by atoms with Gasteiger partial charge in [-0.05, 0) is 31.5 Å². The van der Waals surface area contributed by atoms with E-state index in [4.69, 9.17) is 4.42 Å². The van der Waals surface area contributed by atoms with E-state index in [0.29, 0.717) is 16.5 Å². The summed E-state index contributed by atoms with van der Waals surface area (Å²) in [7, 11) is 0. The van der Waals surface area contributed by atoms with Crippen LogP contribution < -0.4 is 16.0 Å². The molecule has 2 rings (SSSR count). The lowest BCUT2D eigenvalue weighted by Gasteiger charge is -2.10. The van der Waals surface area contributed by atoms with Gasteiger partial charge in [0, 0.05) is 10.9 Å². The third-order valence-electron chi connectivity index (χ3n) is 3.44. The third kappa shape index (κ3) is 2.93. The molecule has 1 amide bonds. The Kier molecular flexibility index (Phi) is 4.16. The van der Waals surface area contributed by atoms with Gasteiger partial charge in [0.1, 0.15) is 11.3 Å². The molecule has 0 atom stereocenters. The van der Waals surface area contributed by atoms with Crippen LogP contribution in [0, 0.1) is 13.8 Å². The second-order valence-electron chi connectivity index (χ2n) is 4.90. The highest BCUT2D eigenvalue weighted by Crippen LogP contribution is 2.28. The van der Waals surface area contributed by atoms with Crippen molar-refractivity contribution in [2.24, 2.45) is 0 Å². The molecule has 7 nitrogen and oxygen atoms in total. The van der Waals surface area contributed by atoms with E-state index < -0.39 is 24.0 Å². The largest absolute Gasteiger partial charge is 0.548 e. The zero-order chi connectivity index (χ0) is 16.4. The van der Waals surface area contributed by atoms with Crippen LogP contribution in [0.4, 0.5) is 0 Å². The van der Waals surface area contributed by atoms with E-state index >= 15 is 0 Å². The molecule has 0 fully saturated rings. The predicted molar refractivity (Wildman–Crippen MR) is 75.3 cm³/mol. The SMILES string of the molecule is Cc1c(CC(=O)NCC(=O)[O-])c(=O)oc2c(C)c(O)ccc12. The summed E-state index contributed by atoms with van der Waals surface area (Å²) in [6.45, 7) is 2.66. The lowest BCUT2D eigenvalue weighted by atomic mass is 10.0. The highest BCUT2D eigenvalue weighted by molar-refractivity contribution is 5.88. The van der Waals surface area contributed by atoms with Crippen molar-refractivity contribution in [1.29, 1.82) is 0 Å². The topological polar surface area (TPSA) is 120 Å². The normalized spacial score (nSPS) is 10.6. The lowest BCUT2D eigenvalue weighted by molar-refractivity contribution is -0.304. The first-order valence-electron chi connectivity index (χ1n) is 6.52. The van der Waals surface area contributed by atoms with Crippen LogP contribution in [0.3, 0.4) is 0 Å². The van der Waals surface area contributed by atoms with Crippen molar-refractivity contribution in [2.45, 2.75) is 20.3 Å². The molecule has 0 saturated carbocycles. The number of phenolic OH excluding ortho intramolecular Hbond substituents is 1. The molecule has 2 N–H and O–H groups in total. The van der Waals surface area contributed by atoms with Crippen LogP contribution in [0.25, 0.3) is 11.0 Å². The zero-order valence-corrected chi connectivity index (χ0v) is 12.1. The highest BCUT2D eigenvalue weighted by atomic mass is 16.4. The Bertz CT molecular complexity index is 821. The van der Waals surface area contributed by atoms with Crippen molar-refractivity contribution in [2.75, 3.05) is 6.54 Å². The Hall–Kier alpha value is -2.83. The number of aromatic hydroxyl groups is 1. The number of aryl methyl sites for hydroxylation is 2. The number of phenols is 1. The fraction of sp³-hybridized carbons (Fsp3) is 0.267. The minimum Gasteiger partial charge on any atom is -0.548 e. The van der Waals surface area contributed by atoms with Gasteiger partial charge in [0.2, 0.25) is 5.91 Å². The van der Waals surface area contributed by atoms with Gasteiger partial charge in [-0.2, -0.15) is 0 Å². The van der Waals surface area contributed by atoms with E-state index in [1.807, 2.05) is 0 Å². The minimum atomic E-state index is -1.42. The molecular weight excluding hydrogens is 290 g/mol. The maximum absolute atomic E-state index is 12.0. The number of hydrogen-bond acceptors (Lipinski definition) is 6. The Morgan fingerprint density at radius 3 is 2.59 bits per heavy atom. The molecule has 0 aliphatic carbocycles. The van der Waals surface area contributed by atoms with E-state index in [9.17, 15) is 24.6 Å². The van der Waals surface area contributed by atoms with E-state index in [-0.39, 0.29) is 23.3 Å². The summed E-state index contributed by atoms with van der Waals surface area (Å²) < 4.78 is 5.19. The van der Waals surface area contributed by atoms with Gasteiger partial charge < -0.3 is 24.7 Å². The minimum absolute atomic E-state index is 0.00880. The molecule has 0 bridgehead atoms. The number of carbonyl (C=O) groups is 2. The number of nitrogens with one attached hydrogen (secondary N) is 1. The quantitative estimate of drug-likeness (QED) is 0.736. The van der Waals surface area contributed by atoms with Crippen molar-refractivity contribution >= 4 is 22.8 Å². The van der Waals surface area contributed by atoms with Crippen molar-refractivity contribution in [1.82, 2.24) is 5.32 Å². The number of amides is 1. The Balaban J connectivity index is 2.44. The van der Waals surface area contributed by atoms with Crippen LogP contribution in [0.2, 0.25) is 0 Å². The van der Waals surface area contributed by atoms with Gasteiger partial charge in [0.05, 0.1) is 24.5 Å². The molecule has 0 radical (unpaired) electrons. The molecule has 116 valence electrons. The maximum atomic E-state index is 12.0. The van der Waals surface area contributed by atoms with Crippen LogP contribution in [0.1, 0.15) is 16.7 Å². The Morgan fingerprint density at radius 1 is 1.27 bits per heavy atom. The van der Waals surface area contributed by atoms with Gasteiger partial charge >= 0.3 is 5.63 Å². The molecular formula is C15H14NO6-. The van der Waals surface area contributed by atoms with Crippen molar-refractivity contribution in [3.8, 4) is 5.75 Å². The highest BCUT2D eigenvalue weighted by Gasteiger charge is 2.16. The summed E-state index contributed by atoms with van der Waals surface area (Å²) in [6.07, 6.45) is -0.294. The molecule has 0 saturated heterocycles. The number of fused-ring (bicyclic) bond motifs is 1. The molecule has 1 aromatic carbocycles. The van der Waals surface area contributed by atoms with E-state index in [1.54, 1.807) is 19.9 Å². The number of rotatable bonds is 4. The molecule has 7 heteroatoms. The number of hydrogen-bond donors (Lipinski definition) is 2. The fourth-order valence-electron chi connectivity index (χ4n) is 2.18. The number of aliphatic carboxylic acids is 1. The van der Waals surface area contributed by atoms with Crippen LogP contribution in [-0.4, -0.2) is 23.5 Å². The second-order valence-corrected chi connectivity index (χ2v) is 4.90. The van der Waals surface area contributed by atoms with Gasteiger partial charge in [-0.1, -0.05) is 0 Å². The number of benzene rings is 1. The average molecular weight is 304 g/mol. The first-order valence-corrected chi connectivity index (χ1v) is 6.52. The summed E-state index contributed by atoms with van der Waals surface area (Å²) >= 11 is 0. The average Bonchev–Trinajstić information content (AvgIpc) is 2.45. The molecule has 0 unspecified atom stereocenters. The number of carboxylic acids is 1. The summed E-state index contributed by atoms with van der Waals surface area (Å²) in [5.74, 6) is -2.02. The fourth-order valence-corrected chi connectivity index (χ4v) is 2.18. The van der Waals surface area contributed by atoms with Crippen LogP contribution >= 0.6 is 0 Å². The van der Waals surface area contributed by atoms with Crippen LogP contribution in [0.5, 0.6) is 5.75 Å². The first kappa shape index (κ1) is 15.6. The number of carboxylic acid groups (broad SMARTS) is 1. The molecule has 0 spiro atoms. The number of carbonyl (C=O) groups excluding carboxylic acids is 2. The predicted octanol–water partition coefficient (Wildman–Crippen LogP) is -0.476. The van der Waals surface area contributed by atoms with Crippen LogP contribution in [-0.2, 0) is 16.0 Å². The third-order valence-corrected chi connectivity index (χ3v) is 3.44. The summed E-state index contributed by atoms with van der Waals surface area (Å²) in [6, 6.07) is 3.07. The van der Waals surface area contributed by atoms with Gasteiger partial charge in [0.25, 0.3) is 0 Å². The standard InChI is InChI=1S/C15H15NO6/c1-7-9-3-4-11(17)8(2)14(9)22-15(21)10(7)5-12(18)16-6-13(19)20/h3-4,17H,5-6H2,1-2H3,(H,16,18)(H,19,20)/p-1. The molecule has 0 aliphatic rings. The first-order chi connectivity index (χ1) is 10.3. The molecule has 1 aromatic heterocycles. The molecule has 0 aliphatic heterocycles. The smallest absolute Gasteiger partial charge is 0.340 e. The summed E-state index contributed by atoms with van der Waals surface area (Å²) in [5.41, 5.74) is 0.709. The lowest BCUT2D eigenvalue weighted by Crippen LogP contribution is -2.38. The molecule has 2 aromatic rings. The van der Waals surface area contributed by atoms with Gasteiger partial charge in [-0.15, -0.1) is 0 Å². The van der Waals surface area contributed by atoms with E-state index in [1.165, 1.54) is 6.07 Å². The van der Waals surface area contributed by atoms with Crippen molar-refractivity contribution in [3.05, 3.63) is 39.2 Å². The summed E-state index contributed by atoms with van der Waals surface area (Å²) in [5, 5.41) is 22.7. The zero-order valence-electron chi connectivity index (χ0n) is 12.1. The van der Waals surface area contributed by atoms with E-state index in [2.05, 4.69) is 5.32 Å². The van der Waals surface area contributed by atoms with Gasteiger partial charge in [-0.25, -0.2) is 4.79 Å². The van der Waals surface area contributed by atoms with Crippen LogP contribution in [0.15, 0.2) is 21.3 Å². The Morgan fingerprint density at radius 2 is 1.95 bits per heavy atom. The van der Waals surface area contributed by atoms with Crippen molar-refractivity contribution in [3.63, 3.8) is 0 Å². The van der Waals surface area contributed by atoms with Crippen molar-refractivity contribution < 1.29 is 24.2 Å². The maximum Gasteiger partial charge on any atom is 0.340 e. The molecule has 1 heterocycles. The van der Waals surface area contributed by atoms with Gasteiger partial charge in [-0.3, -0.25) is 4.79 Å².